The second-order valence-electron chi connectivity index (χ2n) is 3.66. The van der Waals surface area contributed by atoms with E-state index in [1.807, 2.05) is 0 Å². The van der Waals surface area contributed by atoms with E-state index < -0.39 is 12.0 Å². The van der Waals surface area contributed by atoms with Crippen LogP contribution in [0.15, 0.2) is 0 Å². The molecule has 1 unspecified atom stereocenters. The first-order valence-corrected chi connectivity index (χ1v) is 4.05. The number of carbonyl (C=O) groups excluding carboxylic acids is 2. The zero-order chi connectivity index (χ0) is 10.6. The van der Waals surface area contributed by atoms with Crippen molar-refractivity contribution in [3.05, 3.63) is 0 Å². The highest BCUT2D eigenvalue weighted by Gasteiger charge is 2.24. The molecule has 0 aliphatic rings. The van der Waals surface area contributed by atoms with Crippen LogP contribution in [-0.4, -0.2) is 43.2 Å². The van der Waals surface area contributed by atoms with Gasteiger partial charge in [0.05, 0.1) is 20.1 Å². The molecule has 0 aliphatic carbocycles. The number of likely N-dealkylation sites (N-methyl/N-ethyl adjacent to an activating group) is 1. The van der Waals surface area contributed by atoms with Crippen molar-refractivity contribution in [3.8, 4) is 0 Å². The third-order valence-electron chi connectivity index (χ3n) is 2.13. The summed E-state index contributed by atoms with van der Waals surface area (Å²) in [5.74, 6) is -1.29. The monoisotopic (exact) mass is 188 g/mol. The van der Waals surface area contributed by atoms with E-state index in [1.54, 1.807) is 21.0 Å². The van der Waals surface area contributed by atoms with Gasteiger partial charge in [-0.15, -0.1) is 0 Å². The summed E-state index contributed by atoms with van der Waals surface area (Å²) in [4.78, 5) is 21.1. The van der Waals surface area contributed by atoms with Crippen molar-refractivity contribution in [2.24, 2.45) is 0 Å². The highest BCUT2D eigenvalue weighted by molar-refractivity contribution is 5.72. The van der Waals surface area contributed by atoms with Gasteiger partial charge in [-0.1, -0.05) is 0 Å². The normalized spacial score (nSPS) is 13.5. The fraction of sp³-hybridized carbons (Fsp3) is 0.750. The minimum Gasteiger partial charge on any atom is -0.544 e. The molecule has 0 saturated heterocycles. The number of carbonyl (C=O) groups is 2. The van der Waals surface area contributed by atoms with Crippen molar-refractivity contribution in [1.82, 2.24) is 5.32 Å². The highest BCUT2D eigenvalue weighted by atomic mass is 16.4. The average molecular weight is 188 g/mol. The molecular weight excluding hydrogens is 172 g/mol. The first kappa shape index (κ1) is 11.9. The van der Waals surface area contributed by atoms with E-state index >= 15 is 0 Å². The largest absolute Gasteiger partial charge is 0.544 e. The zero-order valence-corrected chi connectivity index (χ0v) is 8.46. The van der Waals surface area contributed by atoms with Gasteiger partial charge in [0.1, 0.15) is 6.04 Å². The van der Waals surface area contributed by atoms with Gasteiger partial charge in [-0.3, -0.25) is 4.79 Å². The van der Waals surface area contributed by atoms with E-state index in [-0.39, 0.29) is 17.1 Å². The Morgan fingerprint density at radius 2 is 1.92 bits per heavy atom. The Labute approximate surface area is 77.9 Å². The number of carboxylic acids is 1. The van der Waals surface area contributed by atoms with Gasteiger partial charge < -0.3 is 19.7 Å². The van der Waals surface area contributed by atoms with Crippen LogP contribution >= 0.6 is 0 Å². The van der Waals surface area contributed by atoms with Crippen molar-refractivity contribution < 1.29 is 19.2 Å². The number of hydrogen-bond acceptors (Lipinski definition) is 3. The number of amides is 1. The van der Waals surface area contributed by atoms with E-state index in [2.05, 4.69) is 5.32 Å². The molecule has 0 fully saturated rings. The lowest BCUT2D eigenvalue weighted by Crippen LogP contribution is -2.59. The molecular formula is C8H16N2O3. The maximum atomic E-state index is 10.6. The smallest absolute Gasteiger partial charge is 0.221 e. The summed E-state index contributed by atoms with van der Waals surface area (Å²) in [5, 5.41) is 13.1. The fourth-order valence-electron chi connectivity index (χ4n) is 0.737. The molecule has 1 atom stereocenters. The molecule has 0 radical (unpaired) electrons. The Balaban J connectivity index is 4.21. The van der Waals surface area contributed by atoms with Crippen LogP contribution in [0.3, 0.4) is 0 Å². The summed E-state index contributed by atoms with van der Waals surface area (Å²) >= 11 is 0. The Kier molecular flexibility index (Phi) is 3.87. The lowest BCUT2D eigenvalue weighted by molar-refractivity contribution is -0.908. The summed E-state index contributed by atoms with van der Waals surface area (Å²) in [6.07, 6.45) is 0. The van der Waals surface area contributed by atoms with Gasteiger partial charge in [0.15, 0.2) is 6.67 Å². The Morgan fingerprint density at radius 3 is 2.23 bits per heavy atom. The minimum atomic E-state index is -1.12. The lowest BCUT2D eigenvalue weighted by atomic mass is 10.3. The standard InChI is InChI=1S/C8H16N2O3/c1-6(8(12)13)10(3,4)5-9-7(2)11/h6H,5H2,1-4H3,(H-,9,11,12,13). The second kappa shape index (κ2) is 4.23. The molecule has 0 heterocycles. The molecule has 0 saturated carbocycles. The molecule has 0 aromatic carbocycles. The van der Waals surface area contributed by atoms with Crippen LogP contribution in [0.2, 0.25) is 0 Å². The number of nitrogens with zero attached hydrogens (tertiary/aromatic N) is 1. The molecule has 1 N–H and O–H groups in total. The maximum absolute atomic E-state index is 10.6. The summed E-state index contributed by atoms with van der Waals surface area (Å²) in [5.41, 5.74) is 0. The quantitative estimate of drug-likeness (QED) is 0.422. The van der Waals surface area contributed by atoms with E-state index in [4.69, 9.17) is 0 Å². The van der Waals surface area contributed by atoms with Crippen LogP contribution in [0.5, 0.6) is 0 Å². The minimum absolute atomic E-state index is 0.169. The number of rotatable bonds is 4. The van der Waals surface area contributed by atoms with Gasteiger partial charge in [0.25, 0.3) is 0 Å². The number of carboxylic acid groups (broad SMARTS) is 1. The van der Waals surface area contributed by atoms with Crippen molar-refractivity contribution in [2.75, 3.05) is 20.8 Å². The third kappa shape index (κ3) is 3.89. The van der Waals surface area contributed by atoms with E-state index in [0.29, 0.717) is 0 Å². The number of nitrogens with one attached hydrogen (secondary N) is 1. The molecule has 0 aliphatic heterocycles. The summed E-state index contributed by atoms with van der Waals surface area (Å²) in [6, 6.07) is -0.646. The number of hydrogen-bond donors (Lipinski definition) is 1. The van der Waals surface area contributed by atoms with Crippen molar-refractivity contribution in [3.63, 3.8) is 0 Å². The fourth-order valence-corrected chi connectivity index (χ4v) is 0.737. The van der Waals surface area contributed by atoms with Crippen LogP contribution in [0, 0.1) is 0 Å². The van der Waals surface area contributed by atoms with Crippen LogP contribution in [0.1, 0.15) is 13.8 Å². The van der Waals surface area contributed by atoms with Crippen LogP contribution < -0.4 is 10.4 Å². The Hall–Kier alpha value is -1.10. The molecule has 0 rings (SSSR count). The first-order chi connectivity index (χ1) is 5.77. The maximum Gasteiger partial charge on any atom is 0.221 e. The van der Waals surface area contributed by atoms with E-state index in [9.17, 15) is 14.7 Å². The summed E-state index contributed by atoms with van der Waals surface area (Å²) < 4.78 is 0.169. The van der Waals surface area contributed by atoms with Gasteiger partial charge in [-0.25, -0.2) is 0 Å². The van der Waals surface area contributed by atoms with Gasteiger partial charge in [0.2, 0.25) is 5.91 Å². The molecule has 1 amide bonds. The predicted molar refractivity (Wildman–Crippen MR) is 45.3 cm³/mol. The Morgan fingerprint density at radius 1 is 1.46 bits per heavy atom. The van der Waals surface area contributed by atoms with E-state index in [1.165, 1.54) is 6.92 Å². The third-order valence-corrected chi connectivity index (χ3v) is 2.13. The topological polar surface area (TPSA) is 69.2 Å². The SMILES string of the molecule is CC(=O)NC[N+](C)(C)C(C)C(=O)[O-]. The molecule has 0 aromatic heterocycles. The lowest BCUT2D eigenvalue weighted by Gasteiger charge is -2.36. The highest BCUT2D eigenvalue weighted by Crippen LogP contribution is 2.03. The van der Waals surface area contributed by atoms with Gasteiger partial charge in [-0.2, -0.15) is 0 Å². The van der Waals surface area contributed by atoms with Crippen LogP contribution in [0.4, 0.5) is 0 Å². The molecule has 5 nitrogen and oxygen atoms in total. The van der Waals surface area contributed by atoms with Gasteiger partial charge in [0, 0.05) is 6.92 Å². The molecule has 0 bridgehead atoms. The average Bonchev–Trinajstić information content (AvgIpc) is 1.99. The first-order valence-electron chi connectivity index (χ1n) is 4.05. The van der Waals surface area contributed by atoms with Gasteiger partial charge in [-0.05, 0) is 6.92 Å². The Bertz CT molecular complexity index is 213. The molecule has 13 heavy (non-hydrogen) atoms. The number of aliphatic carboxylic acids is 1. The van der Waals surface area contributed by atoms with Crippen molar-refractivity contribution in [2.45, 2.75) is 19.9 Å². The van der Waals surface area contributed by atoms with Crippen LogP contribution in [-0.2, 0) is 9.59 Å². The molecule has 0 aromatic rings. The van der Waals surface area contributed by atoms with Crippen molar-refractivity contribution >= 4 is 11.9 Å². The molecule has 0 spiro atoms. The predicted octanol–water partition coefficient (Wildman–Crippen LogP) is -1.71. The van der Waals surface area contributed by atoms with Crippen LogP contribution in [0.25, 0.3) is 0 Å². The number of quaternary nitrogens is 1. The zero-order valence-electron chi connectivity index (χ0n) is 8.46. The van der Waals surface area contributed by atoms with Crippen molar-refractivity contribution in [1.29, 1.82) is 0 Å². The summed E-state index contributed by atoms with van der Waals surface area (Å²) in [6.45, 7) is 3.23. The second-order valence-corrected chi connectivity index (χ2v) is 3.66. The summed E-state index contributed by atoms with van der Waals surface area (Å²) in [7, 11) is 3.44. The van der Waals surface area contributed by atoms with E-state index in [0.717, 1.165) is 0 Å². The molecule has 76 valence electrons. The van der Waals surface area contributed by atoms with Gasteiger partial charge >= 0.3 is 0 Å². The molecule has 5 heteroatoms.